The van der Waals surface area contributed by atoms with Crippen LogP contribution in [0.2, 0.25) is 0 Å². The van der Waals surface area contributed by atoms with Gasteiger partial charge in [-0.1, -0.05) is 6.07 Å². The number of hydrogen-bond acceptors (Lipinski definition) is 4. The van der Waals surface area contributed by atoms with Crippen LogP contribution in [-0.4, -0.2) is 64.6 Å². The number of ether oxygens (including phenoxy) is 1. The maximum absolute atomic E-state index is 12.8. The van der Waals surface area contributed by atoms with Crippen LogP contribution in [-0.2, 0) is 0 Å². The first-order chi connectivity index (χ1) is 12.2. The van der Waals surface area contributed by atoms with Gasteiger partial charge in [-0.15, -0.1) is 0 Å². The van der Waals surface area contributed by atoms with Gasteiger partial charge in [0, 0.05) is 37.9 Å². The predicted molar refractivity (Wildman–Crippen MR) is 92.6 cm³/mol. The highest BCUT2D eigenvalue weighted by molar-refractivity contribution is 5.95. The molecule has 7 heteroatoms. The van der Waals surface area contributed by atoms with E-state index in [9.17, 15) is 9.59 Å². The average Bonchev–Trinajstić information content (AvgIpc) is 3.06. The molecule has 1 aliphatic rings. The minimum atomic E-state index is -0.0543. The van der Waals surface area contributed by atoms with Crippen LogP contribution in [0.25, 0.3) is 0 Å². The highest BCUT2D eigenvalue weighted by atomic mass is 16.5. The van der Waals surface area contributed by atoms with Crippen LogP contribution in [0.4, 0.5) is 0 Å². The Bertz CT molecular complexity index is 730. The van der Waals surface area contributed by atoms with Gasteiger partial charge in [-0.25, -0.2) is 0 Å². The fourth-order valence-corrected chi connectivity index (χ4v) is 2.94. The fourth-order valence-electron chi connectivity index (χ4n) is 2.94. The number of amides is 2. The molecule has 0 bridgehead atoms. The molecule has 7 nitrogen and oxygen atoms in total. The average molecular weight is 342 g/mol. The number of benzene rings is 1. The summed E-state index contributed by atoms with van der Waals surface area (Å²) in [6.45, 7) is 4.77. The van der Waals surface area contributed by atoms with E-state index in [0.717, 1.165) is 6.42 Å². The molecular weight excluding hydrogens is 320 g/mol. The Morgan fingerprint density at radius 2 is 1.84 bits per heavy atom. The molecule has 2 heterocycles. The van der Waals surface area contributed by atoms with E-state index < -0.39 is 0 Å². The van der Waals surface area contributed by atoms with Crippen LogP contribution in [0.3, 0.4) is 0 Å². The lowest BCUT2D eigenvalue weighted by atomic mass is 10.2. The molecule has 1 N–H and O–H groups in total. The summed E-state index contributed by atoms with van der Waals surface area (Å²) in [7, 11) is 0. The molecule has 2 amide bonds. The van der Waals surface area contributed by atoms with E-state index in [1.807, 2.05) is 19.1 Å². The van der Waals surface area contributed by atoms with Crippen molar-refractivity contribution in [1.82, 2.24) is 20.0 Å². The van der Waals surface area contributed by atoms with E-state index in [2.05, 4.69) is 10.2 Å². The molecule has 0 saturated carbocycles. The predicted octanol–water partition coefficient (Wildman–Crippen LogP) is 1.80. The van der Waals surface area contributed by atoms with Gasteiger partial charge in [0.1, 0.15) is 5.75 Å². The third-order valence-electron chi connectivity index (χ3n) is 4.21. The smallest absolute Gasteiger partial charge is 0.257 e. The Labute approximate surface area is 146 Å². The number of hydrogen-bond donors (Lipinski definition) is 1. The number of H-pyrrole nitrogens is 1. The second kappa shape index (κ2) is 7.83. The van der Waals surface area contributed by atoms with Crippen LogP contribution < -0.4 is 4.74 Å². The fraction of sp³-hybridized carbons (Fsp3) is 0.389. The van der Waals surface area contributed by atoms with Gasteiger partial charge < -0.3 is 14.5 Å². The number of carbonyl (C=O) groups is 2. The van der Waals surface area contributed by atoms with Gasteiger partial charge in [0.05, 0.1) is 18.4 Å². The summed E-state index contributed by atoms with van der Waals surface area (Å²) in [5.74, 6) is 0.612. The van der Waals surface area contributed by atoms with E-state index in [4.69, 9.17) is 4.74 Å². The van der Waals surface area contributed by atoms with Gasteiger partial charge >= 0.3 is 0 Å². The number of carbonyl (C=O) groups excluding carboxylic acids is 2. The number of nitrogens with one attached hydrogen (secondary N) is 1. The van der Waals surface area contributed by atoms with Crippen molar-refractivity contribution in [2.45, 2.75) is 13.3 Å². The summed E-state index contributed by atoms with van der Waals surface area (Å²) in [5, 5.41) is 6.47. The number of aromatic nitrogens is 2. The minimum absolute atomic E-state index is 0.0286. The van der Waals surface area contributed by atoms with Gasteiger partial charge in [0.25, 0.3) is 11.8 Å². The Hall–Kier alpha value is -2.83. The van der Waals surface area contributed by atoms with Crippen molar-refractivity contribution < 1.29 is 14.3 Å². The molecule has 132 valence electrons. The molecule has 0 unspecified atom stereocenters. The lowest BCUT2D eigenvalue weighted by Crippen LogP contribution is -2.37. The minimum Gasteiger partial charge on any atom is -0.494 e. The summed E-state index contributed by atoms with van der Waals surface area (Å²) in [5.41, 5.74) is 1.16. The molecule has 25 heavy (non-hydrogen) atoms. The lowest BCUT2D eigenvalue weighted by Gasteiger charge is -2.22. The summed E-state index contributed by atoms with van der Waals surface area (Å²) in [6.07, 6.45) is 3.87. The van der Waals surface area contributed by atoms with Crippen molar-refractivity contribution in [2.75, 3.05) is 32.8 Å². The Morgan fingerprint density at radius 3 is 2.48 bits per heavy atom. The first-order valence-electron chi connectivity index (χ1n) is 8.49. The maximum Gasteiger partial charge on any atom is 0.257 e. The molecule has 0 atom stereocenters. The molecule has 0 aliphatic carbocycles. The molecular formula is C18H22N4O3. The summed E-state index contributed by atoms with van der Waals surface area (Å²) >= 11 is 0. The van der Waals surface area contributed by atoms with E-state index in [1.165, 1.54) is 6.20 Å². The normalized spacial score (nSPS) is 14.9. The summed E-state index contributed by atoms with van der Waals surface area (Å²) in [4.78, 5) is 28.8. The SMILES string of the molecule is CCOc1cccc(C(=O)N2CCCN(C(=O)c3cn[nH]c3)CC2)c1. The first kappa shape index (κ1) is 17.0. The largest absolute Gasteiger partial charge is 0.494 e. The number of rotatable bonds is 4. The molecule has 0 spiro atoms. The third-order valence-corrected chi connectivity index (χ3v) is 4.21. The van der Waals surface area contributed by atoms with Crippen LogP contribution in [0.1, 0.15) is 34.1 Å². The first-order valence-corrected chi connectivity index (χ1v) is 8.49. The van der Waals surface area contributed by atoms with Crippen molar-refractivity contribution in [2.24, 2.45) is 0 Å². The summed E-state index contributed by atoms with van der Waals surface area (Å²) in [6, 6.07) is 7.23. The molecule has 3 rings (SSSR count). The van der Waals surface area contributed by atoms with E-state index in [1.54, 1.807) is 28.1 Å². The quantitative estimate of drug-likeness (QED) is 0.919. The zero-order valence-electron chi connectivity index (χ0n) is 14.3. The topological polar surface area (TPSA) is 78.5 Å². The standard InChI is InChI=1S/C18H22N4O3/c1-2-25-16-6-3-5-14(11-16)17(23)21-7-4-8-22(10-9-21)18(24)15-12-19-20-13-15/h3,5-6,11-13H,2,4,7-10H2,1H3,(H,19,20). The molecule has 1 aliphatic heterocycles. The second-order valence-electron chi connectivity index (χ2n) is 5.89. The number of nitrogens with zero attached hydrogens (tertiary/aromatic N) is 3. The van der Waals surface area contributed by atoms with Gasteiger partial charge in [-0.3, -0.25) is 14.7 Å². The third kappa shape index (κ3) is 3.99. The molecule has 0 radical (unpaired) electrons. The van der Waals surface area contributed by atoms with Gasteiger partial charge in [-0.2, -0.15) is 5.10 Å². The monoisotopic (exact) mass is 342 g/mol. The van der Waals surface area contributed by atoms with E-state index >= 15 is 0 Å². The van der Waals surface area contributed by atoms with Crippen molar-refractivity contribution in [3.63, 3.8) is 0 Å². The van der Waals surface area contributed by atoms with Crippen LogP contribution >= 0.6 is 0 Å². The van der Waals surface area contributed by atoms with Crippen molar-refractivity contribution >= 4 is 11.8 Å². The molecule has 1 aromatic heterocycles. The molecule has 1 aromatic carbocycles. The lowest BCUT2D eigenvalue weighted by molar-refractivity contribution is 0.0718. The van der Waals surface area contributed by atoms with Crippen LogP contribution in [0.5, 0.6) is 5.75 Å². The zero-order valence-corrected chi connectivity index (χ0v) is 14.3. The molecule has 1 fully saturated rings. The second-order valence-corrected chi connectivity index (χ2v) is 5.89. The molecule has 1 saturated heterocycles. The Morgan fingerprint density at radius 1 is 1.12 bits per heavy atom. The highest BCUT2D eigenvalue weighted by Crippen LogP contribution is 2.16. The van der Waals surface area contributed by atoms with E-state index in [-0.39, 0.29) is 11.8 Å². The van der Waals surface area contributed by atoms with Gasteiger partial charge in [0.15, 0.2) is 0 Å². The highest BCUT2D eigenvalue weighted by Gasteiger charge is 2.24. The maximum atomic E-state index is 12.8. The van der Waals surface area contributed by atoms with Crippen LogP contribution in [0.15, 0.2) is 36.7 Å². The van der Waals surface area contributed by atoms with Crippen molar-refractivity contribution in [3.05, 3.63) is 47.8 Å². The molecule has 2 aromatic rings. The zero-order chi connectivity index (χ0) is 17.6. The van der Waals surface area contributed by atoms with E-state index in [0.29, 0.717) is 49.7 Å². The van der Waals surface area contributed by atoms with Crippen molar-refractivity contribution in [3.8, 4) is 5.75 Å². The van der Waals surface area contributed by atoms with Crippen molar-refractivity contribution in [1.29, 1.82) is 0 Å². The summed E-state index contributed by atoms with van der Waals surface area (Å²) < 4.78 is 5.47. The Balaban J connectivity index is 1.65. The van der Waals surface area contributed by atoms with Crippen LogP contribution in [0, 0.1) is 0 Å². The Kier molecular flexibility index (Phi) is 5.33. The van der Waals surface area contributed by atoms with Gasteiger partial charge in [-0.05, 0) is 31.5 Å². The van der Waals surface area contributed by atoms with Gasteiger partial charge in [0.2, 0.25) is 0 Å². The number of aromatic amines is 1.